The van der Waals surface area contributed by atoms with Crippen molar-refractivity contribution in [2.24, 2.45) is 0 Å². The molecule has 0 aromatic carbocycles. The summed E-state index contributed by atoms with van der Waals surface area (Å²) in [5.74, 6) is 0. The number of hydrogen-bond acceptors (Lipinski definition) is 2. The van der Waals surface area contributed by atoms with Gasteiger partial charge in [-0.2, -0.15) is 5.26 Å². The second-order valence-corrected chi connectivity index (χ2v) is 2.50. The summed E-state index contributed by atoms with van der Waals surface area (Å²) >= 11 is 0. The highest BCUT2D eigenvalue weighted by Gasteiger charge is 1.96. The summed E-state index contributed by atoms with van der Waals surface area (Å²) in [6, 6.07) is 5.90. The van der Waals surface area contributed by atoms with Gasteiger partial charge in [0.1, 0.15) is 0 Å². The molecule has 0 N–H and O–H groups in total. The topological polar surface area (TPSA) is 36.7 Å². The third kappa shape index (κ3) is 2.21. The van der Waals surface area contributed by atoms with Crippen molar-refractivity contribution in [3.05, 3.63) is 36.7 Å². The number of nitrogens with zero attached hydrogens (tertiary/aromatic N) is 2. The lowest BCUT2D eigenvalue weighted by Gasteiger charge is -2.00. The largest absolute Gasteiger partial charge is 0.265 e. The first kappa shape index (κ1) is 8.48. The number of rotatable bonds is 3. The summed E-state index contributed by atoms with van der Waals surface area (Å²) in [6.45, 7) is 3.88. The molecule has 60 valence electrons. The van der Waals surface area contributed by atoms with Crippen molar-refractivity contribution >= 4 is 5.57 Å². The predicted molar refractivity (Wildman–Crippen MR) is 48.1 cm³/mol. The van der Waals surface area contributed by atoms with Crippen LogP contribution < -0.4 is 0 Å². The molecule has 0 atom stereocenters. The smallest absolute Gasteiger partial charge is 0.0625 e. The van der Waals surface area contributed by atoms with E-state index in [-0.39, 0.29) is 0 Å². The summed E-state index contributed by atoms with van der Waals surface area (Å²) in [7, 11) is 0. The fraction of sp³-hybridized carbons (Fsp3) is 0.200. The van der Waals surface area contributed by atoms with Gasteiger partial charge in [-0.3, -0.25) is 4.98 Å². The molecule has 1 aromatic rings. The summed E-state index contributed by atoms with van der Waals surface area (Å²) in [5, 5.41) is 8.36. The molecule has 0 saturated carbocycles. The van der Waals surface area contributed by atoms with E-state index in [1.807, 2.05) is 12.1 Å². The molecule has 0 amide bonds. The van der Waals surface area contributed by atoms with Gasteiger partial charge in [-0.25, -0.2) is 0 Å². The van der Waals surface area contributed by atoms with E-state index in [4.69, 9.17) is 5.26 Å². The molecule has 2 heteroatoms. The molecule has 0 radical (unpaired) electrons. The van der Waals surface area contributed by atoms with E-state index in [0.717, 1.165) is 17.6 Å². The molecule has 0 spiro atoms. The van der Waals surface area contributed by atoms with Gasteiger partial charge in [0, 0.05) is 18.8 Å². The third-order valence-corrected chi connectivity index (χ3v) is 1.63. The van der Waals surface area contributed by atoms with Gasteiger partial charge >= 0.3 is 0 Å². The molecule has 1 heterocycles. The van der Waals surface area contributed by atoms with Crippen molar-refractivity contribution in [2.75, 3.05) is 0 Å². The molecule has 0 aliphatic rings. The Kier molecular flexibility index (Phi) is 3.04. The molecule has 0 saturated heterocycles. The molecule has 0 bridgehead atoms. The predicted octanol–water partition coefficient (Wildman–Crippen LogP) is 2.40. The van der Waals surface area contributed by atoms with Crippen molar-refractivity contribution in [3.63, 3.8) is 0 Å². The zero-order valence-electron chi connectivity index (χ0n) is 6.83. The van der Waals surface area contributed by atoms with E-state index in [1.165, 1.54) is 0 Å². The lowest BCUT2D eigenvalue weighted by Crippen LogP contribution is -1.82. The van der Waals surface area contributed by atoms with E-state index >= 15 is 0 Å². The average Bonchev–Trinajstić information content (AvgIpc) is 2.15. The van der Waals surface area contributed by atoms with Gasteiger partial charge in [-0.1, -0.05) is 6.58 Å². The van der Waals surface area contributed by atoms with Crippen molar-refractivity contribution in [1.29, 1.82) is 5.26 Å². The zero-order valence-corrected chi connectivity index (χ0v) is 6.83. The van der Waals surface area contributed by atoms with Crippen LogP contribution in [0.1, 0.15) is 18.4 Å². The van der Waals surface area contributed by atoms with Crippen LogP contribution in [0.5, 0.6) is 0 Å². The van der Waals surface area contributed by atoms with Crippen LogP contribution in [0.15, 0.2) is 31.1 Å². The van der Waals surface area contributed by atoms with Gasteiger partial charge in [-0.15, -0.1) is 0 Å². The Balaban J connectivity index is 2.61. The Labute approximate surface area is 72.2 Å². The van der Waals surface area contributed by atoms with E-state index in [0.29, 0.717) is 6.42 Å². The Morgan fingerprint density at radius 2 is 2.17 bits per heavy atom. The average molecular weight is 158 g/mol. The lowest BCUT2D eigenvalue weighted by molar-refractivity contribution is 1.08. The van der Waals surface area contributed by atoms with E-state index in [1.54, 1.807) is 12.4 Å². The van der Waals surface area contributed by atoms with E-state index in [9.17, 15) is 0 Å². The zero-order chi connectivity index (χ0) is 8.81. The van der Waals surface area contributed by atoms with Crippen LogP contribution in [0.25, 0.3) is 5.57 Å². The molecule has 0 aliphatic heterocycles. The van der Waals surface area contributed by atoms with Crippen LogP contribution in [-0.2, 0) is 0 Å². The molecule has 0 unspecified atom stereocenters. The monoisotopic (exact) mass is 158 g/mol. The van der Waals surface area contributed by atoms with Crippen molar-refractivity contribution < 1.29 is 0 Å². The third-order valence-electron chi connectivity index (χ3n) is 1.63. The van der Waals surface area contributed by atoms with Crippen molar-refractivity contribution in [1.82, 2.24) is 4.98 Å². The highest BCUT2D eigenvalue weighted by Crippen LogP contribution is 2.15. The van der Waals surface area contributed by atoms with Gasteiger partial charge in [0.15, 0.2) is 0 Å². The fourth-order valence-electron chi connectivity index (χ4n) is 0.939. The van der Waals surface area contributed by atoms with Crippen LogP contribution in [0.3, 0.4) is 0 Å². The summed E-state index contributed by atoms with van der Waals surface area (Å²) in [4.78, 5) is 3.90. The minimum Gasteiger partial charge on any atom is -0.265 e. The number of pyridine rings is 1. The van der Waals surface area contributed by atoms with Crippen LogP contribution in [0.4, 0.5) is 0 Å². The van der Waals surface area contributed by atoms with Crippen molar-refractivity contribution in [3.8, 4) is 6.07 Å². The molecule has 0 fully saturated rings. The quantitative estimate of drug-likeness (QED) is 0.677. The van der Waals surface area contributed by atoms with Gasteiger partial charge in [0.05, 0.1) is 6.07 Å². The first-order valence-corrected chi connectivity index (χ1v) is 3.79. The molecule has 1 rings (SSSR count). The van der Waals surface area contributed by atoms with E-state index in [2.05, 4.69) is 17.6 Å². The highest BCUT2D eigenvalue weighted by molar-refractivity contribution is 5.62. The molecule has 12 heavy (non-hydrogen) atoms. The van der Waals surface area contributed by atoms with Gasteiger partial charge < -0.3 is 0 Å². The highest BCUT2D eigenvalue weighted by atomic mass is 14.6. The summed E-state index contributed by atoms with van der Waals surface area (Å²) in [6.07, 6.45) is 4.72. The second-order valence-electron chi connectivity index (χ2n) is 2.50. The number of nitriles is 1. The fourth-order valence-corrected chi connectivity index (χ4v) is 0.939. The number of hydrogen-bond donors (Lipinski definition) is 0. The van der Waals surface area contributed by atoms with Gasteiger partial charge in [-0.05, 0) is 29.7 Å². The van der Waals surface area contributed by atoms with Crippen molar-refractivity contribution in [2.45, 2.75) is 12.8 Å². The van der Waals surface area contributed by atoms with E-state index < -0.39 is 0 Å². The standard InChI is InChI=1S/C10H10N2/c1-9(3-2-6-11)10-4-7-12-8-5-10/h4-5,7-8H,1-3H2. The number of aromatic nitrogens is 1. The molecule has 2 nitrogen and oxygen atoms in total. The Hall–Kier alpha value is -1.62. The normalized spacial score (nSPS) is 8.92. The molecule has 1 aromatic heterocycles. The maximum Gasteiger partial charge on any atom is 0.0625 e. The molecular formula is C10H10N2. The minimum absolute atomic E-state index is 0.529. The lowest BCUT2D eigenvalue weighted by atomic mass is 10.1. The maximum atomic E-state index is 8.36. The first-order chi connectivity index (χ1) is 5.84. The van der Waals surface area contributed by atoms with Crippen LogP contribution in [-0.4, -0.2) is 4.98 Å². The first-order valence-electron chi connectivity index (χ1n) is 3.79. The van der Waals surface area contributed by atoms with Crippen LogP contribution >= 0.6 is 0 Å². The van der Waals surface area contributed by atoms with Crippen LogP contribution in [0, 0.1) is 11.3 Å². The Morgan fingerprint density at radius 1 is 1.50 bits per heavy atom. The summed E-state index contributed by atoms with van der Waals surface area (Å²) in [5.41, 5.74) is 2.07. The van der Waals surface area contributed by atoms with Gasteiger partial charge in [0.25, 0.3) is 0 Å². The summed E-state index contributed by atoms with van der Waals surface area (Å²) < 4.78 is 0. The SMILES string of the molecule is C=C(CCC#N)c1ccncc1. The number of allylic oxidation sites excluding steroid dienone is 1. The molecular weight excluding hydrogens is 148 g/mol. The minimum atomic E-state index is 0.529. The Bertz CT molecular complexity index is 295. The molecule has 0 aliphatic carbocycles. The van der Waals surface area contributed by atoms with Gasteiger partial charge in [0.2, 0.25) is 0 Å². The maximum absolute atomic E-state index is 8.36. The second kappa shape index (κ2) is 4.30. The Morgan fingerprint density at radius 3 is 2.75 bits per heavy atom. The van der Waals surface area contributed by atoms with Crippen LogP contribution in [0.2, 0.25) is 0 Å².